The first-order valence-electron chi connectivity index (χ1n) is 5.92. The van der Waals surface area contributed by atoms with Gasteiger partial charge in [-0.3, -0.25) is 4.79 Å². The highest BCUT2D eigenvalue weighted by Crippen LogP contribution is 2.37. The second-order valence-corrected chi connectivity index (χ2v) is 4.97. The molecule has 2 nitrogen and oxygen atoms in total. The summed E-state index contributed by atoms with van der Waals surface area (Å²) in [4.78, 5) is 11.7. The van der Waals surface area contributed by atoms with Crippen molar-refractivity contribution in [3.63, 3.8) is 0 Å². The third-order valence-electron chi connectivity index (χ3n) is 3.40. The number of rotatable bonds is 3. The van der Waals surface area contributed by atoms with Crippen molar-refractivity contribution in [3.05, 3.63) is 34.9 Å². The third kappa shape index (κ3) is 2.43. The fourth-order valence-corrected chi connectivity index (χ4v) is 2.05. The first-order valence-corrected chi connectivity index (χ1v) is 5.92. The molecule has 1 aliphatic carbocycles. The van der Waals surface area contributed by atoms with Crippen molar-refractivity contribution in [2.24, 2.45) is 11.8 Å². The van der Waals surface area contributed by atoms with Gasteiger partial charge < -0.3 is 5.32 Å². The Morgan fingerprint density at radius 2 is 2.12 bits per heavy atom. The Morgan fingerprint density at radius 3 is 2.69 bits per heavy atom. The zero-order valence-electron chi connectivity index (χ0n) is 10.2. The first kappa shape index (κ1) is 11.2. The summed E-state index contributed by atoms with van der Waals surface area (Å²) < 4.78 is 0. The highest BCUT2D eigenvalue weighted by atomic mass is 16.2. The Labute approximate surface area is 97.1 Å². The van der Waals surface area contributed by atoms with Crippen LogP contribution in [0.4, 0.5) is 0 Å². The van der Waals surface area contributed by atoms with Crippen LogP contribution in [0.5, 0.6) is 0 Å². The molecular weight excluding hydrogens is 198 g/mol. The van der Waals surface area contributed by atoms with Crippen LogP contribution in [0.3, 0.4) is 0 Å². The fraction of sp³-hybridized carbons (Fsp3) is 0.500. The largest absolute Gasteiger partial charge is 0.352 e. The van der Waals surface area contributed by atoms with Gasteiger partial charge in [-0.25, -0.2) is 0 Å². The Kier molecular flexibility index (Phi) is 2.99. The molecule has 1 N–H and O–H groups in total. The average Bonchev–Trinajstić information content (AvgIpc) is 2.94. The number of hydrogen-bond acceptors (Lipinski definition) is 1. The molecule has 1 saturated carbocycles. The monoisotopic (exact) mass is 217 g/mol. The summed E-state index contributed by atoms with van der Waals surface area (Å²) >= 11 is 0. The third-order valence-corrected chi connectivity index (χ3v) is 3.40. The molecule has 1 fully saturated rings. The van der Waals surface area contributed by atoms with E-state index in [1.165, 1.54) is 16.7 Å². The molecule has 0 heterocycles. The highest BCUT2D eigenvalue weighted by molar-refractivity contribution is 5.81. The number of hydrogen-bond donors (Lipinski definition) is 1. The second kappa shape index (κ2) is 4.28. The van der Waals surface area contributed by atoms with Crippen LogP contribution in [0.2, 0.25) is 0 Å². The number of aryl methyl sites for hydroxylation is 2. The topological polar surface area (TPSA) is 29.1 Å². The van der Waals surface area contributed by atoms with E-state index in [0.29, 0.717) is 12.5 Å². The molecule has 2 unspecified atom stereocenters. The molecule has 0 aliphatic heterocycles. The minimum absolute atomic E-state index is 0.215. The van der Waals surface area contributed by atoms with Gasteiger partial charge in [0.05, 0.1) is 0 Å². The lowest BCUT2D eigenvalue weighted by molar-refractivity contribution is -0.122. The Morgan fingerprint density at radius 1 is 1.44 bits per heavy atom. The van der Waals surface area contributed by atoms with E-state index in [2.05, 4.69) is 44.3 Å². The van der Waals surface area contributed by atoms with E-state index in [9.17, 15) is 4.79 Å². The zero-order valence-corrected chi connectivity index (χ0v) is 10.2. The van der Waals surface area contributed by atoms with Crippen molar-refractivity contribution in [2.45, 2.75) is 33.7 Å². The molecule has 1 aromatic rings. The summed E-state index contributed by atoms with van der Waals surface area (Å²) in [5, 5.41) is 3.01. The van der Waals surface area contributed by atoms with Gasteiger partial charge in [0.15, 0.2) is 0 Å². The normalized spacial score (nSPS) is 22.9. The molecule has 2 rings (SSSR count). The van der Waals surface area contributed by atoms with E-state index < -0.39 is 0 Å². The van der Waals surface area contributed by atoms with Crippen LogP contribution in [0.25, 0.3) is 0 Å². The maximum atomic E-state index is 11.7. The van der Waals surface area contributed by atoms with Crippen LogP contribution >= 0.6 is 0 Å². The van der Waals surface area contributed by atoms with Crippen LogP contribution in [-0.4, -0.2) is 5.91 Å². The Bertz CT molecular complexity index is 411. The van der Waals surface area contributed by atoms with Gasteiger partial charge >= 0.3 is 0 Å². The van der Waals surface area contributed by atoms with Crippen LogP contribution in [-0.2, 0) is 11.3 Å². The number of amides is 1. The van der Waals surface area contributed by atoms with Crippen molar-refractivity contribution in [1.29, 1.82) is 0 Å². The maximum Gasteiger partial charge on any atom is 0.223 e. The molecule has 0 bridgehead atoms. The average molecular weight is 217 g/mol. The predicted octanol–water partition coefficient (Wildman–Crippen LogP) is 2.58. The van der Waals surface area contributed by atoms with E-state index in [1.54, 1.807) is 0 Å². The molecule has 1 amide bonds. The van der Waals surface area contributed by atoms with E-state index in [0.717, 1.165) is 6.42 Å². The van der Waals surface area contributed by atoms with Gasteiger partial charge in [0.25, 0.3) is 0 Å². The van der Waals surface area contributed by atoms with Gasteiger partial charge in [-0.15, -0.1) is 0 Å². The molecule has 0 saturated heterocycles. The van der Waals surface area contributed by atoms with Crippen molar-refractivity contribution in [3.8, 4) is 0 Å². The minimum Gasteiger partial charge on any atom is -0.352 e. The summed E-state index contributed by atoms with van der Waals surface area (Å²) in [6.07, 6.45) is 1.05. The molecular formula is C14H19NO. The fourth-order valence-electron chi connectivity index (χ4n) is 2.05. The summed E-state index contributed by atoms with van der Waals surface area (Å²) in [5.74, 6) is 1.07. The van der Waals surface area contributed by atoms with Gasteiger partial charge in [-0.1, -0.05) is 30.7 Å². The maximum absolute atomic E-state index is 11.7. The van der Waals surface area contributed by atoms with Gasteiger partial charge in [-0.05, 0) is 37.3 Å². The minimum atomic E-state index is 0.215. The van der Waals surface area contributed by atoms with Crippen LogP contribution in [0.15, 0.2) is 18.2 Å². The predicted molar refractivity (Wildman–Crippen MR) is 65.0 cm³/mol. The number of nitrogens with one attached hydrogen (secondary N) is 1. The summed E-state index contributed by atoms with van der Waals surface area (Å²) in [6.45, 7) is 6.96. The van der Waals surface area contributed by atoms with Gasteiger partial charge in [0, 0.05) is 12.5 Å². The molecule has 0 aromatic heterocycles. The molecule has 0 spiro atoms. The summed E-state index contributed by atoms with van der Waals surface area (Å²) in [7, 11) is 0. The lowest BCUT2D eigenvalue weighted by atomic mass is 10.1. The molecule has 2 heteroatoms. The van der Waals surface area contributed by atoms with Crippen molar-refractivity contribution < 1.29 is 4.79 Å². The van der Waals surface area contributed by atoms with E-state index >= 15 is 0 Å². The number of carbonyl (C=O) groups is 1. The summed E-state index contributed by atoms with van der Waals surface area (Å²) in [5.41, 5.74) is 3.74. The molecule has 86 valence electrons. The van der Waals surface area contributed by atoms with Crippen molar-refractivity contribution >= 4 is 5.91 Å². The standard InChI is InChI=1S/C14H19NO/c1-9-4-5-12(10(2)6-9)8-15-14(16)13-7-11(13)3/h4-6,11,13H,7-8H2,1-3H3,(H,15,16). The molecule has 2 atom stereocenters. The van der Waals surface area contributed by atoms with E-state index in [4.69, 9.17) is 0 Å². The van der Waals surface area contributed by atoms with Gasteiger partial charge in [0.1, 0.15) is 0 Å². The Hall–Kier alpha value is -1.31. The molecule has 1 aliphatic rings. The highest BCUT2D eigenvalue weighted by Gasteiger charge is 2.38. The smallest absolute Gasteiger partial charge is 0.223 e. The molecule has 1 aromatic carbocycles. The number of carbonyl (C=O) groups excluding carboxylic acids is 1. The second-order valence-electron chi connectivity index (χ2n) is 4.97. The summed E-state index contributed by atoms with van der Waals surface area (Å²) in [6, 6.07) is 6.34. The lowest BCUT2D eigenvalue weighted by Gasteiger charge is -2.08. The van der Waals surface area contributed by atoms with Crippen molar-refractivity contribution in [1.82, 2.24) is 5.32 Å². The molecule has 0 radical (unpaired) electrons. The van der Waals surface area contributed by atoms with Crippen molar-refractivity contribution in [2.75, 3.05) is 0 Å². The van der Waals surface area contributed by atoms with Gasteiger partial charge in [-0.2, -0.15) is 0 Å². The molecule has 16 heavy (non-hydrogen) atoms. The lowest BCUT2D eigenvalue weighted by Crippen LogP contribution is -2.25. The zero-order chi connectivity index (χ0) is 11.7. The van der Waals surface area contributed by atoms with Crippen LogP contribution < -0.4 is 5.32 Å². The van der Waals surface area contributed by atoms with Crippen LogP contribution in [0, 0.1) is 25.7 Å². The SMILES string of the molecule is Cc1ccc(CNC(=O)C2CC2C)c(C)c1. The van der Waals surface area contributed by atoms with E-state index in [-0.39, 0.29) is 11.8 Å². The number of benzene rings is 1. The Balaban J connectivity index is 1.92. The van der Waals surface area contributed by atoms with Gasteiger partial charge in [0.2, 0.25) is 5.91 Å². The van der Waals surface area contributed by atoms with Crippen LogP contribution in [0.1, 0.15) is 30.0 Å². The quantitative estimate of drug-likeness (QED) is 0.828. The first-order chi connectivity index (χ1) is 7.58. The van der Waals surface area contributed by atoms with E-state index in [1.807, 2.05) is 0 Å².